The van der Waals surface area contributed by atoms with E-state index in [1.165, 1.54) is 33.6 Å². The Kier molecular flexibility index (Phi) is 6.11. The average molecular weight is 478 g/mol. The molecule has 1 aromatic heterocycles. The largest absolute Gasteiger partial charge is 0.492 e. The van der Waals surface area contributed by atoms with E-state index in [1.54, 1.807) is 54.6 Å². The number of nitrogens with zero attached hydrogens (tertiary/aromatic N) is 4. The van der Waals surface area contributed by atoms with Gasteiger partial charge in [-0.05, 0) is 48.5 Å². The maximum absolute atomic E-state index is 13.2. The van der Waals surface area contributed by atoms with Crippen molar-refractivity contribution in [3.63, 3.8) is 0 Å². The summed E-state index contributed by atoms with van der Waals surface area (Å²) in [4.78, 5) is 24.1. The summed E-state index contributed by atoms with van der Waals surface area (Å²) in [6, 6.07) is 22.8. The van der Waals surface area contributed by atoms with Crippen LogP contribution in [0.25, 0.3) is 11.4 Å². The molecule has 0 fully saturated rings. The van der Waals surface area contributed by atoms with Gasteiger partial charge in [-0.25, -0.2) is 22.5 Å². The number of hydrogen-bond acceptors (Lipinski definition) is 7. The molecule has 0 radical (unpaired) electrons. The zero-order valence-electron chi connectivity index (χ0n) is 17.9. The first kappa shape index (κ1) is 22.7. The minimum absolute atomic E-state index is 0.133. The van der Waals surface area contributed by atoms with Gasteiger partial charge in [0.15, 0.2) is 0 Å². The molecule has 0 aliphatic carbocycles. The number of amides is 1. The van der Waals surface area contributed by atoms with E-state index in [4.69, 9.17) is 0 Å². The molecule has 0 saturated carbocycles. The van der Waals surface area contributed by atoms with Gasteiger partial charge in [-0.2, -0.15) is 5.11 Å². The Bertz CT molecular complexity index is 1520. The fraction of sp³-hybridized carbons (Fsp3) is 0.0435. The van der Waals surface area contributed by atoms with Gasteiger partial charge in [0.05, 0.1) is 22.0 Å². The number of azo groups is 1. The lowest BCUT2D eigenvalue weighted by atomic mass is 10.3. The summed E-state index contributed by atoms with van der Waals surface area (Å²) >= 11 is 0. The van der Waals surface area contributed by atoms with E-state index >= 15 is 0 Å². The van der Waals surface area contributed by atoms with E-state index < -0.39 is 27.4 Å². The molecule has 3 aromatic carbocycles. The third-order valence-corrected chi connectivity index (χ3v) is 6.15. The Balaban J connectivity index is 1.75. The summed E-state index contributed by atoms with van der Waals surface area (Å²) < 4.78 is 28.6. The quantitative estimate of drug-likeness (QED) is 0.409. The predicted molar refractivity (Wildman–Crippen MR) is 125 cm³/mol. The zero-order chi connectivity index (χ0) is 24.3. The van der Waals surface area contributed by atoms with Crippen molar-refractivity contribution in [1.82, 2.24) is 14.1 Å². The van der Waals surface area contributed by atoms with Crippen molar-refractivity contribution < 1.29 is 18.3 Å². The van der Waals surface area contributed by atoms with E-state index in [0.29, 0.717) is 11.4 Å². The summed E-state index contributed by atoms with van der Waals surface area (Å²) in [7, 11) is -3.99. The molecule has 34 heavy (non-hydrogen) atoms. The smallest absolute Gasteiger partial charge is 0.303 e. The molecule has 4 rings (SSSR count). The van der Waals surface area contributed by atoms with Crippen LogP contribution in [0.2, 0.25) is 0 Å². The lowest BCUT2D eigenvalue weighted by molar-refractivity contribution is -0.117. The third kappa shape index (κ3) is 4.50. The van der Waals surface area contributed by atoms with E-state index in [1.807, 2.05) is 10.8 Å². The van der Waals surface area contributed by atoms with Gasteiger partial charge in [0.2, 0.25) is 17.5 Å². The van der Waals surface area contributed by atoms with Gasteiger partial charge in [-0.15, -0.1) is 5.11 Å². The minimum atomic E-state index is -3.99. The number of benzene rings is 3. The molecule has 11 heteroatoms. The van der Waals surface area contributed by atoms with Crippen LogP contribution >= 0.6 is 0 Å². The first-order valence-electron chi connectivity index (χ1n) is 10.0. The average Bonchev–Trinajstić information content (AvgIpc) is 3.07. The van der Waals surface area contributed by atoms with E-state index in [-0.39, 0.29) is 16.3 Å². The van der Waals surface area contributed by atoms with Crippen LogP contribution in [0.1, 0.15) is 6.92 Å². The molecule has 0 bridgehead atoms. The molecule has 172 valence electrons. The van der Waals surface area contributed by atoms with Gasteiger partial charge in [0.1, 0.15) is 0 Å². The van der Waals surface area contributed by atoms with Crippen LogP contribution in [-0.2, 0) is 14.8 Å². The van der Waals surface area contributed by atoms with E-state index in [0.717, 1.165) is 6.92 Å². The number of nitrogens with one attached hydrogen (secondary N) is 1. The highest BCUT2D eigenvalue weighted by molar-refractivity contribution is 7.90. The summed E-state index contributed by atoms with van der Waals surface area (Å²) in [6.45, 7) is 1.09. The molecule has 0 saturated heterocycles. The fourth-order valence-electron chi connectivity index (χ4n) is 3.23. The summed E-state index contributed by atoms with van der Waals surface area (Å²) in [6.07, 6.45) is 0. The lowest BCUT2D eigenvalue weighted by Gasteiger charge is -2.12. The molecule has 1 heterocycles. The van der Waals surface area contributed by atoms with Gasteiger partial charge in [-0.3, -0.25) is 9.59 Å². The second kappa shape index (κ2) is 9.16. The maximum Gasteiger partial charge on any atom is 0.303 e. The summed E-state index contributed by atoms with van der Waals surface area (Å²) in [5.41, 5.74) is 0.402. The molecule has 2 N–H and O–H groups in total. The SMILES string of the molecule is CC(=O)NS(=O)(=O)c1ccc(N=Nc2c(O)n(-c3ccccc3)n(-c3ccccc3)c2=O)cc1. The van der Waals surface area contributed by atoms with Crippen LogP contribution < -0.4 is 10.3 Å². The summed E-state index contributed by atoms with van der Waals surface area (Å²) in [5.74, 6) is -1.12. The van der Waals surface area contributed by atoms with Crippen molar-refractivity contribution in [3.8, 4) is 17.3 Å². The zero-order valence-corrected chi connectivity index (χ0v) is 18.7. The van der Waals surface area contributed by atoms with Gasteiger partial charge in [0.25, 0.3) is 10.0 Å². The molecule has 4 aromatic rings. The number of carbonyl (C=O) groups is 1. The molecule has 0 unspecified atom stereocenters. The number of para-hydroxylation sites is 2. The highest BCUT2D eigenvalue weighted by Crippen LogP contribution is 2.30. The van der Waals surface area contributed by atoms with Crippen molar-refractivity contribution in [3.05, 3.63) is 95.3 Å². The van der Waals surface area contributed by atoms with Gasteiger partial charge in [-0.1, -0.05) is 36.4 Å². The van der Waals surface area contributed by atoms with Crippen molar-refractivity contribution in [2.24, 2.45) is 10.2 Å². The Morgan fingerprint density at radius 3 is 1.88 bits per heavy atom. The van der Waals surface area contributed by atoms with Crippen molar-refractivity contribution >= 4 is 27.3 Å². The molecule has 0 atom stereocenters. The topological polar surface area (TPSA) is 135 Å². The molecule has 1 amide bonds. The monoisotopic (exact) mass is 477 g/mol. The Morgan fingerprint density at radius 1 is 0.824 bits per heavy atom. The number of carbonyl (C=O) groups excluding carboxylic acids is 1. The summed E-state index contributed by atoms with van der Waals surface area (Å²) in [5, 5.41) is 18.8. The van der Waals surface area contributed by atoms with E-state index in [2.05, 4.69) is 10.2 Å². The molecule has 0 spiro atoms. The van der Waals surface area contributed by atoms with Crippen LogP contribution in [-0.4, -0.2) is 28.8 Å². The molecule has 10 nitrogen and oxygen atoms in total. The van der Waals surface area contributed by atoms with Crippen LogP contribution in [0.3, 0.4) is 0 Å². The number of hydrogen-bond donors (Lipinski definition) is 2. The first-order chi connectivity index (χ1) is 16.3. The van der Waals surface area contributed by atoms with Gasteiger partial charge < -0.3 is 5.11 Å². The van der Waals surface area contributed by atoms with Gasteiger partial charge >= 0.3 is 5.56 Å². The molecule has 0 aliphatic heterocycles. The normalized spacial score (nSPS) is 11.6. The Labute approximate surface area is 194 Å². The first-order valence-corrected chi connectivity index (χ1v) is 11.5. The number of aromatic hydroxyl groups is 1. The fourth-order valence-corrected chi connectivity index (χ4v) is 4.22. The van der Waals surface area contributed by atoms with Crippen LogP contribution in [0.4, 0.5) is 11.4 Å². The van der Waals surface area contributed by atoms with Crippen molar-refractivity contribution in [2.45, 2.75) is 11.8 Å². The lowest BCUT2D eigenvalue weighted by Crippen LogP contribution is -2.28. The highest BCUT2D eigenvalue weighted by Gasteiger charge is 2.22. The minimum Gasteiger partial charge on any atom is -0.492 e. The molecule has 0 aliphatic rings. The number of rotatable bonds is 6. The van der Waals surface area contributed by atoms with Crippen LogP contribution in [0.15, 0.2) is 105 Å². The third-order valence-electron chi connectivity index (χ3n) is 4.70. The molecular formula is C23H19N5O5S. The second-order valence-electron chi connectivity index (χ2n) is 7.13. The standard InChI is InChI=1S/C23H19N5O5S/c1-16(29)26-34(32,33)20-14-12-17(13-15-20)24-25-21-22(30)27(18-8-4-2-5-9-18)28(23(21)31)19-10-6-3-7-11-19/h2-15,30H,1H3,(H,26,29). The van der Waals surface area contributed by atoms with E-state index in [9.17, 15) is 23.1 Å². The van der Waals surface area contributed by atoms with Crippen LogP contribution in [0.5, 0.6) is 5.88 Å². The number of aromatic nitrogens is 2. The number of sulfonamides is 1. The second-order valence-corrected chi connectivity index (χ2v) is 8.81. The van der Waals surface area contributed by atoms with Crippen LogP contribution in [0, 0.1) is 0 Å². The Morgan fingerprint density at radius 2 is 1.35 bits per heavy atom. The van der Waals surface area contributed by atoms with Crippen molar-refractivity contribution in [1.29, 1.82) is 0 Å². The van der Waals surface area contributed by atoms with Gasteiger partial charge in [0, 0.05) is 6.92 Å². The predicted octanol–water partition coefficient (Wildman–Crippen LogP) is 3.57. The van der Waals surface area contributed by atoms with Crippen molar-refractivity contribution in [2.75, 3.05) is 0 Å². The Hall–Kier alpha value is -4.51. The highest BCUT2D eigenvalue weighted by atomic mass is 32.2. The molecular weight excluding hydrogens is 458 g/mol. The maximum atomic E-state index is 13.2.